The van der Waals surface area contributed by atoms with Gasteiger partial charge in [-0.05, 0) is 79.4 Å². The Kier molecular flexibility index (Phi) is 3.34. The van der Waals surface area contributed by atoms with E-state index in [1.165, 1.54) is 32.1 Å². The fourth-order valence-corrected chi connectivity index (χ4v) is 6.83. The lowest BCUT2D eigenvalue weighted by molar-refractivity contribution is -0.0793. The van der Waals surface area contributed by atoms with Crippen molar-refractivity contribution in [3.8, 4) is 0 Å². The van der Waals surface area contributed by atoms with E-state index in [0.29, 0.717) is 17.3 Å². The fourth-order valence-electron chi connectivity index (χ4n) is 6.83. The average Bonchev–Trinajstić information content (AvgIpc) is 2.72. The van der Waals surface area contributed by atoms with E-state index in [2.05, 4.69) is 26.8 Å². The summed E-state index contributed by atoms with van der Waals surface area (Å²) in [6.07, 6.45) is 9.88. The molecule has 4 rings (SSSR count). The summed E-state index contributed by atoms with van der Waals surface area (Å²) in [4.78, 5) is 0. The van der Waals surface area contributed by atoms with Gasteiger partial charge in [0.15, 0.2) is 0 Å². The summed E-state index contributed by atoms with van der Waals surface area (Å²) in [7, 11) is 0. The first-order valence-electron chi connectivity index (χ1n) is 9.42. The van der Waals surface area contributed by atoms with Crippen molar-refractivity contribution in [1.29, 1.82) is 0 Å². The van der Waals surface area contributed by atoms with Crippen molar-refractivity contribution in [1.82, 2.24) is 0 Å². The fraction of sp³-hybridized carbons (Fsp3) is 0.900. The van der Waals surface area contributed by atoms with E-state index in [9.17, 15) is 10.2 Å². The minimum Gasteiger partial charge on any atom is -0.390 e. The number of aliphatic hydroxyl groups is 2. The molecular weight excluding hydrogens is 272 g/mol. The van der Waals surface area contributed by atoms with Crippen LogP contribution in [-0.2, 0) is 0 Å². The minimum atomic E-state index is -0.511. The van der Waals surface area contributed by atoms with Crippen molar-refractivity contribution in [3.63, 3.8) is 0 Å². The predicted molar refractivity (Wildman–Crippen MR) is 88.3 cm³/mol. The summed E-state index contributed by atoms with van der Waals surface area (Å²) < 4.78 is 0. The predicted octanol–water partition coefficient (Wildman–Crippen LogP) is 3.92. The van der Waals surface area contributed by atoms with Gasteiger partial charge < -0.3 is 10.2 Å². The van der Waals surface area contributed by atoms with Crippen LogP contribution >= 0.6 is 0 Å². The molecule has 124 valence electrons. The molecule has 0 radical (unpaired) electrons. The van der Waals surface area contributed by atoms with Gasteiger partial charge in [-0.3, -0.25) is 0 Å². The lowest BCUT2D eigenvalue weighted by Gasteiger charge is -2.57. The van der Waals surface area contributed by atoms with Crippen LogP contribution in [0.2, 0.25) is 0 Å². The van der Waals surface area contributed by atoms with Crippen LogP contribution in [0.4, 0.5) is 0 Å². The average molecular weight is 304 g/mol. The third kappa shape index (κ3) is 1.86. The van der Waals surface area contributed by atoms with Crippen molar-refractivity contribution < 1.29 is 10.2 Å². The lowest BCUT2D eigenvalue weighted by Crippen LogP contribution is -2.51. The number of allylic oxidation sites excluding steroid dienone is 2. The Morgan fingerprint density at radius 2 is 1.86 bits per heavy atom. The molecule has 0 spiro atoms. The second-order valence-corrected chi connectivity index (χ2v) is 9.40. The molecule has 22 heavy (non-hydrogen) atoms. The highest BCUT2D eigenvalue weighted by Crippen LogP contribution is 2.65. The van der Waals surface area contributed by atoms with Crippen LogP contribution in [0.25, 0.3) is 0 Å². The molecule has 0 aromatic carbocycles. The van der Waals surface area contributed by atoms with Crippen LogP contribution in [0, 0.1) is 34.5 Å². The monoisotopic (exact) mass is 304 g/mol. The Labute approximate surface area is 135 Å². The second kappa shape index (κ2) is 4.83. The molecule has 0 aromatic heterocycles. The molecule has 3 unspecified atom stereocenters. The zero-order valence-corrected chi connectivity index (χ0v) is 14.4. The molecule has 0 aromatic rings. The van der Waals surface area contributed by atoms with Crippen LogP contribution in [-0.4, -0.2) is 22.4 Å². The normalized spacial score (nSPS) is 57.6. The summed E-state index contributed by atoms with van der Waals surface area (Å²) in [6, 6.07) is 0. The number of hydrogen-bond acceptors (Lipinski definition) is 2. The highest BCUT2D eigenvalue weighted by atomic mass is 16.3. The SMILES string of the molecule is CC1CC[C@@]2(C)C(=CC[C@@H]3[C@H]2CC[C@]2(C)C(O)C(O)C[C@@H]32)C1. The highest BCUT2D eigenvalue weighted by Gasteiger charge is 2.60. The van der Waals surface area contributed by atoms with Crippen molar-refractivity contribution in [3.05, 3.63) is 11.6 Å². The quantitative estimate of drug-likeness (QED) is 0.666. The number of hydrogen-bond donors (Lipinski definition) is 2. The largest absolute Gasteiger partial charge is 0.390 e. The van der Waals surface area contributed by atoms with Crippen molar-refractivity contribution in [2.45, 2.75) is 77.9 Å². The molecule has 3 fully saturated rings. The molecule has 2 nitrogen and oxygen atoms in total. The molecule has 3 saturated carbocycles. The van der Waals surface area contributed by atoms with Gasteiger partial charge in [0.1, 0.15) is 0 Å². The zero-order valence-electron chi connectivity index (χ0n) is 14.4. The first kappa shape index (κ1) is 15.2. The van der Waals surface area contributed by atoms with Crippen LogP contribution in [0.5, 0.6) is 0 Å². The molecule has 2 N–H and O–H groups in total. The van der Waals surface area contributed by atoms with E-state index < -0.39 is 12.2 Å². The van der Waals surface area contributed by atoms with Crippen LogP contribution < -0.4 is 0 Å². The zero-order chi connectivity index (χ0) is 15.7. The molecule has 0 bridgehead atoms. The minimum absolute atomic E-state index is 0.0513. The summed E-state index contributed by atoms with van der Waals surface area (Å²) in [5.41, 5.74) is 2.08. The smallest absolute Gasteiger partial charge is 0.0855 e. The summed E-state index contributed by atoms with van der Waals surface area (Å²) in [6.45, 7) is 7.15. The molecule has 2 heteroatoms. The van der Waals surface area contributed by atoms with Gasteiger partial charge in [0.05, 0.1) is 12.2 Å². The number of fused-ring (bicyclic) bond motifs is 5. The van der Waals surface area contributed by atoms with Gasteiger partial charge in [-0.2, -0.15) is 0 Å². The van der Waals surface area contributed by atoms with E-state index >= 15 is 0 Å². The van der Waals surface area contributed by atoms with E-state index in [-0.39, 0.29) is 5.41 Å². The van der Waals surface area contributed by atoms with Crippen LogP contribution in [0.1, 0.15) is 65.7 Å². The summed E-state index contributed by atoms with van der Waals surface area (Å²) in [5, 5.41) is 20.8. The van der Waals surface area contributed by atoms with Crippen molar-refractivity contribution in [2.24, 2.45) is 34.5 Å². The van der Waals surface area contributed by atoms with Gasteiger partial charge in [-0.1, -0.05) is 32.4 Å². The summed E-state index contributed by atoms with van der Waals surface area (Å²) >= 11 is 0. The van der Waals surface area contributed by atoms with Gasteiger partial charge in [-0.15, -0.1) is 0 Å². The third-order valence-electron chi connectivity index (χ3n) is 8.32. The third-order valence-corrected chi connectivity index (χ3v) is 8.32. The lowest BCUT2D eigenvalue weighted by atomic mass is 9.47. The van der Waals surface area contributed by atoms with E-state index in [4.69, 9.17) is 0 Å². The van der Waals surface area contributed by atoms with Crippen LogP contribution in [0.15, 0.2) is 11.6 Å². The van der Waals surface area contributed by atoms with E-state index in [1.54, 1.807) is 5.57 Å². The Balaban J connectivity index is 1.68. The number of aliphatic hydroxyl groups excluding tert-OH is 2. The van der Waals surface area contributed by atoms with Crippen LogP contribution in [0.3, 0.4) is 0 Å². The van der Waals surface area contributed by atoms with Gasteiger partial charge >= 0.3 is 0 Å². The molecule has 4 aliphatic rings. The molecular formula is C20H32O2. The van der Waals surface area contributed by atoms with Crippen molar-refractivity contribution in [2.75, 3.05) is 0 Å². The Morgan fingerprint density at radius 1 is 1.09 bits per heavy atom. The maximum Gasteiger partial charge on any atom is 0.0855 e. The first-order valence-corrected chi connectivity index (χ1v) is 9.42. The topological polar surface area (TPSA) is 40.5 Å². The summed E-state index contributed by atoms with van der Waals surface area (Å²) in [5.74, 6) is 2.80. The standard InChI is InChI=1S/C20H32O2/c1-12-6-8-19(2)13(10-12)4-5-14-15(19)7-9-20(3)16(14)11-17(21)18(20)22/h4,12,14-18,21-22H,5-11H2,1-3H3/t12?,14-,15-,16+,17?,18?,19+,20+/m1/s1. The Morgan fingerprint density at radius 3 is 2.64 bits per heavy atom. The molecule has 0 heterocycles. The maximum absolute atomic E-state index is 10.5. The molecule has 0 amide bonds. The maximum atomic E-state index is 10.5. The first-order chi connectivity index (χ1) is 10.4. The van der Waals surface area contributed by atoms with Gasteiger partial charge in [0.25, 0.3) is 0 Å². The molecule has 4 aliphatic carbocycles. The molecule has 8 atom stereocenters. The Hall–Kier alpha value is -0.340. The Bertz CT molecular complexity index is 498. The van der Waals surface area contributed by atoms with Gasteiger partial charge in [0, 0.05) is 0 Å². The van der Waals surface area contributed by atoms with Crippen molar-refractivity contribution >= 4 is 0 Å². The van der Waals surface area contributed by atoms with Gasteiger partial charge in [-0.25, -0.2) is 0 Å². The molecule has 0 saturated heterocycles. The van der Waals surface area contributed by atoms with E-state index in [0.717, 1.165) is 24.7 Å². The second-order valence-electron chi connectivity index (χ2n) is 9.40. The highest BCUT2D eigenvalue weighted by molar-refractivity contribution is 5.25. The van der Waals surface area contributed by atoms with Gasteiger partial charge in [0.2, 0.25) is 0 Å². The number of rotatable bonds is 0. The van der Waals surface area contributed by atoms with E-state index in [1.807, 2.05) is 0 Å². The molecule has 0 aliphatic heterocycles.